The lowest BCUT2D eigenvalue weighted by Crippen LogP contribution is -2.62. The molecule has 34 heteroatoms. The molecule has 0 spiro atoms. The minimum Gasteiger partial charge on any atom is -0.508 e. The molecule has 0 unspecified atom stereocenters. The number of H-pyrrole nitrogens is 2. The summed E-state index contributed by atoms with van der Waals surface area (Å²) in [7, 11) is 0. The van der Waals surface area contributed by atoms with E-state index < -0.39 is 174 Å². The fourth-order valence-electron chi connectivity index (χ4n) is 13.9. The summed E-state index contributed by atoms with van der Waals surface area (Å²) < 4.78 is 0. The molecule has 2 aromatic heterocycles. The van der Waals surface area contributed by atoms with Crippen LogP contribution in [0.15, 0.2) is 85.2 Å². The highest BCUT2D eigenvalue weighted by molar-refractivity contribution is 6.01. The van der Waals surface area contributed by atoms with Gasteiger partial charge in [-0.05, 0) is 143 Å². The number of benzene rings is 3. The van der Waals surface area contributed by atoms with E-state index in [2.05, 4.69) is 57.8 Å². The number of hydrogen-bond donors (Lipinski definition) is 18. The van der Waals surface area contributed by atoms with E-state index in [-0.39, 0.29) is 114 Å². The number of carboxylic acids is 3. The number of amides is 11. The summed E-state index contributed by atoms with van der Waals surface area (Å²) in [6, 6.07) is 2.61. The van der Waals surface area contributed by atoms with Gasteiger partial charge in [0.1, 0.15) is 72.2 Å². The van der Waals surface area contributed by atoms with Crippen LogP contribution in [0.3, 0.4) is 0 Å². The summed E-state index contributed by atoms with van der Waals surface area (Å²) >= 11 is 0. The first kappa shape index (κ1) is 87.2. The lowest BCUT2D eigenvalue weighted by Gasteiger charge is -2.31. The van der Waals surface area contributed by atoms with Crippen molar-refractivity contribution >= 4 is 105 Å². The molecule has 2 fully saturated rings. The van der Waals surface area contributed by atoms with E-state index in [1.807, 2.05) is 24.3 Å². The number of aromatic hydroxyl groups is 1. The van der Waals surface area contributed by atoms with Crippen molar-refractivity contribution in [1.82, 2.24) is 67.6 Å². The van der Waals surface area contributed by atoms with Crippen LogP contribution in [-0.2, 0) is 86.4 Å². The number of aromatic amines is 2. The number of carbonyl (C=O) groups excluding carboxylic acids is 11. The van der Waals surface area contributed by atoms with Gasteiger partial charge >= 0.3 is 17.9 Å². The number of carboxylic acid groups (broad SMARTS) is 3. The van der Waals surface area contributed by atoms with E-state index in [9.17, 15) is 92.7 Å². The third-order valence-electron chi connectivity index (χ3n) is 19.5. The van der Waals surface area contributed by atoms with Gasteiger partial charge in [0.25, 0.3) is 0 Å². The topological polar surface area (TPSA) is 538 Å². The number of hydrogen-bond acceptors (Lipinski definition) is 18. The van der Waals surface area contributed by atoms with E-state index in [4.69, 9.17) is 11.5 Å². The Hall–Kier alpha value is -11.0. The monoisotopic (exact) mass is 1550 g/mol. The average Bonchev–Trinajstić information content (AvgIpc) is 1.75. The van der Waals surface area contributed by atoms with Crippen molar-refractivity contribution in [3.05, 3.63) is 102 Å². The lowest BCUT2D eigenvalue weighted by molar-refractivity contribution is -0.148. The van der Waals surface area contributed by atoms with Gasteiger partial charge < -0.3 is 105 Å². The Bertz CT molecular complexity index is 4120. The van der Waals surface area contributed by atoms with Crippen LogP contribution in [0.1, 0.15) is 142 Å². The van der Waals surface area contributed by atoms with Crippen molar-refractivity contribution in [2.24, 2.45) is 29.2 Å². The first-order valence-electron chi connectivity index (χ1n) is 37.6. The molecule has 11 amide bonds. The molecular formula is C77H107N15O19. The Morgan fingerprint density at radius 3 is 1.40 bits per heavy atom. The second-order valence-electron chi connectivity index (χ2n) is 29.9. The number of nitrogens with two attached hydrogens (primary N) is 2. The quantitative estimate of drug-likeness (QED) is 0.0240. The number of fused-ring (bicyclic) bond motifs is 2. The molecule has 604 valence electrons. The third kappa shape index (κ3) is 25.3. The second-order valence-corrected chi connectivity index (χ2v) is 29.9. The van der Waals surface area contributed by atoms with Crippen molar-refractivity contribution in [3.8, 4) is 5.75 Å². The number of aliphatic hydroxyl groups is 1. The molecule has 0 bridgehead atoms. The van der Waals surface area contributed by atoms with Crippen LogP contribution in [0, 0.1) is 17.8 Å². The minimum absolute atomic E-state index is 0.0224. The first-order chi connectivity index (χ1) is 52.6. The number of para-hydroxylation sites is 2. The number of rotatable bonds is 42. The molecule has 111 heavy (non-hydrogen) atoms. The summed E-state index contributed by atoms with van der Waals surface area (Å²) in [6.07, 6.45) is 0.641. The van der Waals surface area contributed by atoms with Crippen molar-refractivity contribution in [2.45, 2.75) is 223 Å². The zero-order valence-electron chi connectivity index (χ0n) is 63.5. The SMILES string of the molecule is CC(C)C[C@H](NC(=O)[C@H](CCCCN)NC(=O)[C@@H](NC(=O)[C@H](CC(C)C)NC(=O)[C@@H]1CCCN1C(=O)[C@H](CC(=O)O)NC(=O)[C@H](Cc1ccc(O)cc1)NC(=O)[C@@H](N)Cc1c[nH]c2ccccc12)[C@@H](C)O)C(=O)N[C@@H](Cc1c[nH]c2ccccc12)C(=O)N[C@@H](CC(C)C)C(=O)N1CCC[C@H]1C(=O)N[C@@H](CC(=O)O)C(=O)O. The summed E-state index contributed by atoms with van der Waals surface area (Å²) in [5, 5.41) is 75.4. The van der Waals surface area contributed by atoms with Gasteiger partial charge in [-0.2, -0.15) is 0 Å². The number of phenols is 1. The zero-order chi connectivity index (χ0) is 81.5. The van der Waals surface area contributed by atoms with E-state index in [0.717, 1.165) is 21.4 Å². The first-order valence-corrected chi connectivity index (χ1v) is 37.6. The van der Waals surface area contributed by atoms with Crippen molar-refractivity contribution in [1.29, 1.82) is 0 Å². The van der Waals surface area contributed by atoms with Crippen LogP contribution in [0.2, 0.25) is 0 Å². The highest BCUT2D eigenvalue weighted by Crippen LogP contribution is 2.26. The molecule has 0 saturated carbocycles. The summed E-state index contributed by atoms with van der Waals surface area (Å²) in [4.78, 5) is 204. The van der Waals surface area contributed by atoms with Gasteiger partial charge in [-0.15, -0.1) is 0 Å². The highest BCUT2D eigenvalue weighted by atomic mass is 16.4. The standard InChI is InChI=1S/C77H107N15O19/c1-40(2)30-54(68(101)85-57(35-46-39-81-52-19-11-9-17-49(46)52)70(103)87-58(32-42(5)6)75(108)91-28-15-22-62(91)73(106)89-60(77(110)111)37-64(97)98)84-67(100)53(20-12-13-27-78)82-74(107)65(43(7)93)90-71(104)55(31-41(3)4)86-72(105)61-21-14-29-92(61)76(109)59(36-63(95)96)88-69(102)56(33-44-23-25-47(94)26-24-44)83-66(99)50(79)34-45-38-80-51-18-10-8-16-48(45)51/h8-11,16-19,23-26,38-43,50,53-62,65,80-81,93-94H,12-15,20-22,27-37,78-79H2,1-7H3,(H,82,107)(H,83,99)(H,84,100)(H,85,101)(H,86,105)(H,87,103)(H,88,102)(H,89,106)(H,90,104)(H,95,96)(H,97,98)(H,110,111)/t43-,50+,53+,54+,55+,56+,57+,58+,59+,60+,61+,62+,65+/m1/s1. The minimum atomic E-state index is -1.80. The molecule has 0 aliphatic carbocycles. The van der Waals surface area contributed by atoms with E-state index >= 15 is 0 Å². The van der Waals surface area contributed by atoms with Crippen LogP contribution >= 0.6 is 0 Å². The number of nitrogens with one attached hydrogen (secondary N) is 11. The number of aromatic nitrogens is 2. The molecule has 0 radical (unpaired) electrons. The van der Waals surface area contributed by atoms with Crippen molar-refractivity contribution in [3.63, 3.8) is 0 Å². The molecule has 20 N–H and O–H groups in total. The van der Waals surface area contributed by atoms with E-state index in [1.54, 1.807) is 78.2 Å². The molecule has 3 aromatic carbocycles. The Balaban J connectivity index is 1.06. The maximum Gasteiger partial charge on any atom is 0.326 e. The Labute approximate surface area is 642 Å². The van der Waals surface area contributed by atoms with Crippen LogP contribution in [0.5, 0.6) is 5.75 Å². The van der Waals surface area contributed by atoms with Gasteiger partial charge in [0, 0.05) is 60.1 Å². The van der Waals surface area contributed by atoms with Gasteiger partial charge in [0.15, 0.2) is 0 Å². The maximum atomic E-state index is 14.9. The molecule has 2 aliphatic heterocycles. The van der Waals surface area contributed by atoms with Crippen LogP contribution in [-0.4, -0.2) is 226 Å². The number of unbranched alkanes of at least 4 members (excludes halogenated alkanes) is 1. The van der Waals surface area contributed by atoms with Gasteiger partial charge in [-0.1, -0.05) is 90.1 Å². The summed E-state index contributed by atoms with van der Waals surface area (Å²) in [5.74, 6) is -15.3. The van der Waals surface area contributed by atoms with Crippen LogP contribution in [0.4, 0.5) is 0 Å². The number of aliphatic carboxylic acids is 3. The van der Waals surface area contributed by atoms with Crippen molar-refractivity contribution in [2.75, 3.05) is 19.6 Å². The normalized spacial score (nSPS) is 17.2. The Kier molecular flexibility index (Phi) is 32.3. The van der Waals surface area contributed by atoms with E-state index in [0.29, 0.717) is 34.9 Å². The smallest absolute Gasteiger partial charge is 0.326 e. The lowest BCUT2D eigenvalue weighted by atomic mass is 9.98. The molecule has 34 nitrogen and oxygen atoms in total. The fraction of sp³-hybridized carbons (Fsp3) is 0.532. The predicted octanol–water partition coefficient (Wildman–Crippen LogP) is 0.737. The Morgan fingerprint density at radius 1 is 0.468 bits per heavy atom. The molecule has 13 atom stereocenters. The van der Waals surface area contributed by atoms with Gasteiger partial charge in [-0.25, -0.2) is 4.79 Å². The highest BCUT2D eigenvalue weighted by Gasteiger charge is 2.44. The van der Waals surface area contributed by atoms with Crippen LogP contribution in [0.25, 0.3) is 21.8 Å². The molecule has 7 rings (SSSR count). The number of aliphatic hydroxyl groups excluding tert-OH is 1. The largest absolute Gasteiger partial charge is 0.508 e. The van der Waals surface area contributed by atoms with Gasteiger partial charge in [0.05, 0.1) is 25.0 Å². The number of nitrogens with zero attached hydrogens (tertiary/aromatic N) is 2. The number of likely N-dealkylation sites (tertiary alicyclic amines) is 2. The summed E-state index contributed by atoms with van der Waals surface area (Å²) in [6.45, 7) is 11.9. The zero-order valence-corrected chi connectivity index (χ0v) is 63.5. The maximum absolute atomic E-state index is 14.9. The van der Waals surface area contributed by atoms with Crippen molar-refractivity contribution < 1.29 is 92.7 Å². The van der Waals surface area contributed by atoms with Gasteiger partial charge in [-0.3, -0.25) is 62.3 Å². The predicted molar refractivity (Wildman–Crippen MR) is 406 cm³/mol. The molecule has 2 aliphatic rings. The molecule has 2 saturated heterocycles. The second kappa shape index (κ2) is 41.2. The van der Waals surface area contributed by atoms with E-state index in [1.165, 1.54) is 36.1 Å². The third-order valence-corrected chi connectivity index (χ3v) is 19.5. The fourth-order valence-corrected chi connectivity index (χ4v) is 13.9. The molecule has 5 aromatic rings. The summed E-state index contributed by atoms with van der Waals surface area (Å²) in [5.41, 5.74) is 15.6. The van der Waals surface area contributed by atoms with Gasteiger partial charge in [0.2, 0.25) is 65.0 Å². The average molecular weight is 1550 g/mol. The van der Waals surface area contributed by atoms with Crippen LogP contribution < -0.4 is 59.3 Å². The molecular weight excluding hydrogens is 1440 g/mol. The number of phenolic OH excluding ortho intramolecular Hbond substituents is 1. The molecule has 4 heterocycles. The Morgan fingerprint density at radius 2 is 0.883 bits per heavy atom. The number of carbonyl (C=O) groups is 14.